The molecule has 0 N–H and O–H groups in total. The smallest absolute Gasteiger partial charge is 0.140 e. The third-order valence-electron chi connectivity index (χ3n) is 13.5. The van der Waals surface area contributed by atoms with Gasteiger partial charge in [0.1, 0.15) is 35.0 Å². The number of carbonyl (C=O) groups is 3. The van der Waals surface area contributed by atoms with Crippen LogP contribution in [0.3, 0.4) is 0 Å². The number of carbonyl (C=O) groups excluding carboxylic acids is 3. The highest BCUT2D eigenvalue weighted by Crippen LogP contribution is 2.58. The molecule has 58 heavy (non-hydrogen) atoms. The van der Waals surface area contributed by atoms with E-state index in [9.17, 15) is 9.59 Å². The fraction of sp³-hybridized carbons (Fsp3) is 0.528. The number of ether oxygens (including phenoxy) is 2. The molecule has 2 aromatic carbocycles. The third-order valence-corrected chi connectivity index (χ3v) is 13.5. The van der Waals surface area contributed by atoms with Crippen molar-refractivity contribution < 1.29 is 23.9 Å². The Balaban J connectivity index is 1.32. The maximum absolute atomic E-state index is 15.1. The van der Waals surface area contributed by atoms with Crippen LogP contribution >= 0.6 is 0 Å². The van der Waals surface area contributed by atoms with Gasteiger partial charge in [0.25, 0.3) is 0 Å². The summed E-state index contributed by atoms with van der Waals surface area (Å²) in [6.07, 6.45) is 18.3. The van der Waals surface area contributed by atoms with Gasteiger partial charge in [-0.2, -0.15) is 0 Å². The molecule has 6 unspecified atom stereocenters. The second-order valence-electron chi connectivity index (χ2n) is 19.5. The van der Waals surface area contributed by atoms with Gasteiger partial charge < -0.3 is 9.47 Å². The molecule has 2 aromatic rings. The second-order valence-corrected chi connectivity index (χ2v) is 19.5. The summed E-state index contributed by atoms with van der Waals surface area (Å²) >= 11 is 0. The van der Waals surface area contributed by atoms with Crippen LogP contribution in [0.25, 0.3) is 16.3 Å². The van der Waals surface area contributed by atoms with Gasteiger partial charge in [0.05, 0.1) is 7.11 Å². The molecule has 3 fully saturated rings. The lowest BCUT2D eigenvalue weighted by Crippen LogP contribution is -2.37. The molecule has 0 spiro atoms. The summed E-state index contributed by atoms with van der Waals surface area (Å²) in [5.74, 6) is 0.958. The van der Waals surface area contributed by atoms with Crippen LogP contribution in [0.1, 0.15) is 131 Å². The van der Waals surface area contributed by atoms with Gasteiger partial charge in [-0.25, -0.2) is 0 Å². The van der Waals surface area contributed by atoms with E-state index >= 15 is 4.79 Å². The quantitative estimate of drug-likeness (QED) is 0.133. The van der Waals surface area contributed by atoms with Crippen LogP contribution in [0, 0.1) is 40.4 Å². The normalized spacial score (nSPS) is 24.7. The summed E-state index contributed by atoms with van der Waals surface area (Å²) in [7, 11) is 1.68. The van der Waals surface area contributed by atoms with Gasteiger partial charge in [-0.3, -0.25) is 14.4 Å². The number of fused-ring (bicyclic) bond motifs is 1. The molecule has 0 aliphatic heterocycles. The average Bonchev–Trinajstić information content (AvgIpc) is 3.60. The average molecular weight is 785 g/mol. The molecule has 5 nitrogen and oxygen atoms in total. The van der Waals surface area contributed by atoms with Crippen LogP contribution < -0.4 is 9.47 Å². The van der Waals surface area contributed by atoms with Crippen molar-refractivity contribution >= 4 is 33.7 Å². The predicted octanol–water partition coefficient (Wildman–Crippen LogP) is 13.1. The lowest BCUT2D eigenvalue weighted by Gasteiger charge is -2.33. The minimum atomic E-state index is -0.697. The molecule has 0 bridgehead atoms. The van der Waals surface area contributed by atoms with Gasteiger partial charge in [-0.05, 0) is 135 Å². The number of ketones is 3. The summed E-state index contributed by atoms with van der Waals surface area (Å²) < 4.78 is 12.7. The first-order valence-corrected chi connectivity index (χ1v) is 22.0. The van der Waals surface area contributed by atoms with Crippen LogP contribution in [-0.2, 0) is 14.4 Å². The molecule has 5 heteroatoms. The molecule has 6 rings (SSSR count). The Hall–Kier alpha value is -4.25. The van der Waals surface area contributed by atoms with Gasteiger partial charge >= 0.3 is 0 Å². The molecular weight excluding hydrogens is 717 g/mol. The van der Waals surface area contributed by atoms with E-state index in [1.165, 1.54) is 29.6 Å². The van der Waals surface area contributed by atoms with Crippen LogP contribution in [-0.4, -0.2) is 30.6 Å². The molecule has 0 amide bonds. The first-order valence-electron chi connectivity index (χ1n) is 22.0. The first kappa shape index (κ1) is 43.3. The van der Waals surface area contributed by atoms with Gasteiger partial charge in [-0.1, -0.05) is 101 Å². The van der Waals surface area contributed by atoms with Gasteiger partial charge in [-0.15, -0.1) is 6.58 Å². The summed E-state index contributed by atoms with van der Waals surface area (Å²) in [5.41, 5.74) is 6.20. The Morgan fingerprint density at radius 2 is 1.72 bits per heavy atom. The summed E-state index contributed by atoms with van der Waals surface area (Å²) in [6, 6.07) is 10.4. The van der Waals surface area contributed by atoms with Gasteiger partial charge in [0, 0.05) is 41.4 Å². The van der Waals surface area contributed by atoms with Crippen LogP contribution in [0.5, 0.6) is 11.5 Å². The van der Waals surface area contributed by atoms with E-state index in [-0.39, 0.29) is 47.1 Å². The molecule has 6 atom stereocenters. The SMILES string of the molecule is C=CC1CC1(CC(=O)C1CC(Oc2cc(C3=CCC(CC(=C)CC(C)C)=C3)cc3cc(OC)ccc23)CC1C(=O)C(CC(=C)C=C1CCCC1)C(C)(C)C)C(=O)CC. The Morgan fingerprint density at radius 3 is 2.36 bits per heavy atom. The predicted molar refractivity (Wildman–Crippen MR) is 239 cm³/mol. The zero-order chi connectivity index (χ0) is 41.9. The van der Waals surface area contributed by atoms with E-state index in [4.69, 9.17) is 9.47 Å². The molecular formula is C53H68O5. The molecule has 3 saturated carbocycles. The Bertz CT molecular complexity index is 2040. The number of hydrogen-bond acceptors (Lipinski definition) is 5. The lowest BCUT2D eigenvalue weighted by molar-refractivity contribution is -0.137. The van der Waals surface area contributed by atoms with Crippen molar-refractivity contribution in [3.8, 4) is 11.5 Å². The van der Waals surface area contributed by atoms with Crippen LogP contribution in [0.2, 0.25) is 0 Å². The number of hydrogen-bond donors (Lipinski definition) is 0. The topological polar surface area (TPSA) is 69.7 Å². The highest BCUT2D eigenvalue weighted by atomic mass is 16.5. The molecule has 4 aliphatic carbocycles. The highest BCUT2D eigenvalue weighted by molar-refractivity contribution is 5.98. The zero-order valence-electron chi connectivity index (χ0n) is 36.5. The standard InChI is InChI=1S/C53H68O5/c1-11-41-31-53(41,50(55)12-2)32-48(54)45-29-43(30-46(45)51(56)47(52(7,8)9)24-35(6)22-36-15-13-14-16-36)58-49-28-39(26-40-27-42(57-10)19-20-44(40)49)38-18-17-37(25-38)23-34(5)21-33(3)4/h11,18-20,22,25-28,33,41,43,45-47H,1,5-6,12-17,21,23-24,29-32H2,2-4,7-10H3. The molecule has 0 radical (unpaired) electrons. The molecule has 310 valence electrons. The highest BCUT2D eigenvalue weighted by Gasteiger charge is 2.59. The van der Waals surface area contributed by atoms with E-state index in [1.54, 1.807) is 7.11 Å². The number of Topliss-reactive ketones (excluding diaryl/α,β-unsaturated/α-hetero) is 3. The minimum Gasteiger partial charge on any atom is -0.497 e. The van der Waals surface area contributed by atoms with Crippen molar-refractivity contribution in [3.05, 3.63) is 102 Å². The number of allylic oxidation sites excluding steroid dienone is 9. The van der Waals surface area contributed by atoms with E-state index in [0.29, 0.717) is 38.0 Å². The summed E-state index contributed by atoms with van der Waals surface area (Å²) in [4.78, 5) is 43.0. The van der Waals surface area contributed by atoms with Crippen LogP contribution in [0.4, 0.5) is 0 Å². The largest absolute Gasteiger partial charge is 0.497 e. The van der Waals surface area contributed by atoms with Crippen molar-refractivity contribution in [3.63, 3.8) is 0 Å². The molecule has 0 heterocycles. The van der Waals surface area contributed by atoms with Crippen molar-refractivity contribution in [1.82, 2.24) is 0 Å². The van der Waals surface area contributed by atoms with Crippen molar-refractivity contribution in [2.45, 2.75) is 131 Å². The maximum atomic E-state index is 15.1. The first-order chi connectivity index (χ1) is 27.5. The Morgan fingerprint density at radius 1 is 1.00 bits per heavy atom. The third kappa shape index (κ3) is 9.78. The fourth-order valence-corrected chi connectivity index (χ4v) is 10.2. The monoisotopic (exact) mass is 785 g/mol. The maximum Gasteiger partial charge on any atom is 0.140 e. The number of benzene rings is 2. The van der Waals surface area contributed by atoms with E-state index in [0.717, 1.165) is 71.1 Å². The Labute approximate surface area is 348 Å². The van der Waals surface area contributed by atoms with Gasteiger partial charge in [0.15, 0.2) is 0 Å². The van der Waals surface area contributed by atoms with Crippen molar-refractivity contribution in [2.24, 2.45) is 40.4 Å². The second kappa shape index (κ2) is 17.9. The fourth-order valence-electron chi connectivity index (χ4n) is 10.2. The molecule has 0 saturated heterocycles. The molecule has 4 aliphatic rings. The van der Waals surface area contributed by atoms with Crippen LogP contribution in [0.15, 0.2) is 96.7 Å². The summed E-state index contributed by atoms with van der Waals surface area (Å²) in [6.45, 7) is 25.5. The van der Waals surface area contributed by atoms with E-state index in [1.807, 2.05) is 31.2 Å². The van der Waals surface area contributed by atoms with Gasteiger partial charge in [0.2, 0.25) is 0 Å². The lowest BCUT2D eigenvalue weighted by atomic mass is 9.69. The summed E-state index contributed by atoms with van der Waals surface area (Å²) in [5, 5.41) is 1.96. The molecule has 0 aromatic heterocycles. The number of rotatable bonds is 19. The number of methoxy groups -OCH3 is 1. The van der Waals surface area contributed by atoms with Crippen molar-refractivity contribution in [2.75, 3.05) is 7.11 Å². The van der Waals surface area contributed by atoms with Crippen molar-refractivity contribution in [1.29, 1.82) is 0 Å². The minimum absolute atomic E-state index is 0.000369. The Kier molecular flexibility index (Phi) is 13.4. The zero-order valence-corrected chi connectivity index (χ0v) is 36.5. The van der Waals surface area contributed by atoms with E-state index in [2.05, 4.69) is 84.7 Å². The van der Waals surface area contributed by atoms with E-state index < -0.39 is 17.3 Å².